The minimum Gasteiger partial charge on any atom is -0.390 e. The summed E-state index contributed by atoms with van der Waals surface area (Å²) < 4.78 is 34.9. The Morgan fingerprint density at radius 1 is 1.20 bits per heavy atom. The molecular formula is C23H24BrNO4S. The maximum absolute atomic E-state index is 13.4. The molecule has 1 heterocycles. The van der Waals surface area contributed by atoms with Crippen molar-refractivity contribution in [1.29, 1.82) is 0 Å². The van der Waals surface area contributed by atoms with Crippen LogP contribution in [0.25, 0.3) is 0 Å². The van der Waals surface area contributed by atoms with E-state index in [9.17, 15) is 13.5 Å². The quantitative estimate of drug-likeness (QED) is 0.515. The molecule has 0 radical (unpaired) electrons. The molecule has 2 aromatic rings. The Morgan fingerprint density at radius 2 is 1.90 bits per heavy atom. The third-order valence-electron chi connectivity index (χ3n) is 5.71. The van der Waals surface area contributed by atoms with Crippen molar-refractivity contribution in [2.24, 2.45) is 0 Å². The lowest BCUT2D eigenvalue weighted by Gasteiger charge is -2.27. The highest BCUT2D eigenvalue weighted by molar-refractivity contribution is 9.10. The highest BCUT2D eigenvalue weighted by atomic mass is 79.9. The lowest BCUT2D eigenvalue weighted by atomic mass is 9.87. The van der Waals surface area contributed by atoms with Gasteiger partial charge in [-0.15, -0.1) is 0 Å². The lowest BCUT2D eigenvalue weighted by Crippen LogP contribution is -2.43. The molecule has 2 fully saturated rings. The molecule has 0 aromatic heterocycles. The van der Waals surface area contributed by atoms with Crippen molar-refractivity contribution >= 4 is 26.0 Å². The SMILES string of the molecule is Cc1ccc(S(=O)(=O)N(CC#Cc2ccc(Br)cc2)C[C@]23CCC[C@@H](O)[C@H]2O3)cc1. The van der Waals surface area contributed by atoms with Crippen LogP contribution in [0, 0.1) is 18.8 Å². The Labute approximate surface area is 186 Å². The molecular weight excluding hydrogens is 466 g/mol. The molecule has 0 unspecified atom stereocenters. The molecule has 0 spiro atoms. The first-order chi connectivity index (χ1) is 14.3. The minimum absolute atomic E-state index is 0.0558. The van der Waals surface area contributed by atoms with Gasteiger partial charge in [-0.3, -0.25) is 0 Å². The van der Waals surface area contributed by atoms with Gasteiger partial charge in [0.1, 0.15) is 11.7 Å². The zero-order chi connectivity index (χ0) is 21.4. The zero-order valence-corrected chi connectivity index (χ0v) is 19.1. The molecule has 0 bridgehead atoms. The van der Waals surface area contributed by atoms with Crippen LogP contribution in [-0.4, -0.2) is 48.7 Å². The van der Waals surface area contributed by atoms with E-state index >= 15 is 0 Å². The minimum atomic E-state index is -3.75. The van der Waals surface area contributed by atoms with Gasteiger partial charge in [-0.05, 0) is 62.6 Å². The Kier molecular flexibility index (Phi) is 6.06. The van der Waals surface area contributed by atoms with Gasteiger partial charge >= 0.3 is 0 Å². The number of ether oxygens (including phenoxy) is 1. The molecule has 2 aromatic carbocycles. The van der Waals surface area contributed by atoms with Crippen molar-refractivity contribution in [2.45, 2.75) is 48.9 Å². The maximum Gasteiger partial charge on any atom is 0.244 e. The van der Waals surface area contributed by atoms with Gasteiger partial charge in [-0.2, -0.15) is 4.31 Å². The van der Waals surface area contributed by atoms with Crippen LogP contribution >= 0.6 is 15.9 Å². The molecule has 4 rings (SSSR count). The molecule has 1 saturated heterocycles. The van der Waals surface area contributed by atoms with Crippen LogP contribution in [0.3, 0.4) is 0 Å². The van der Waals surface area contributed by atoms with E-state index in [-0.39, 0.29) is 24.1 Å². The average Bonchev–Trinajstić information content (AvgIpc) is 3.45. The standard InChI is InChI=1S/C23H24BrNO4S/c1-17-6-12-20(13-7-17)30(27,28)25(15-3-4-18-8-10-19(24)11-9-18)16-23-14-2-5-21(26)22(23)29-23/h6-13,21-22,26H,2,5,14-16H2,1H3/t21-,22-,23-/m1/s1. The summed E-state index contributed by atoms with van der Waals surface area (Å²) in [7, 11) is -3.75. The number of sulfonamides is 1. The first-order valence-electron chi connectivity index (χ1n) is 9.97. The molecule has 1 N–H and O–H groups in total. The predicted octanol–water partition coefficient (Wildman–Crippen LogP) is 3.48. The van der Waals surface area contributed by atoms with Crippen LogP contribution in [0.15, 0.2) is 57.9 Å². The number of hydrogen-bond donors (Lipinski definition) is 1. The number of rotatable bonds is 5. The van der Waals surface area contributed by atoms with Gasteiger partial charge in [0.15, 0.2) is 0 Å². The van der Waals surface area contributed by atoms with Crippen molar-refractivity contribution in [1.82, 2.24) is 4.31 Å². The molecule has 0 amide bonds. The first kappa shape index (κ1) is 21.5. The number of hydrogen-bond acceptors (Lipinski definition) is 4. The summed E-state index contributed by atoms with van der Waals surface area (Å²) in [5.74, 6) is 6.05. The third-order valence-corrected chi connectivity index (χ3v) is 8.04. The topological polar surface area (TPSA) is 70.1 Å². The number of aliphatic hydroxyl groups excluding tert-OH is 1. The maximum atomic E-state index is 13.4. The highest BCUT2D eigenvalue weighted by Gasteiger charge is 2.62. The highest BCUT2D eigenvalue weighted by Crippen LogP contribution is 2.48. The molecule has 1 saturated carbocycles. The number of aryl methyl sites for hydroxylation is 1. The fourth-order valence-electron chi connectivity index (χ4n) is 3.96. The summed E-state index contributed by atoms with van der Waals surface area (Å²) in [6.07, 6.45) is 1.44. The molecule has 158 valence electrons. The Balaban J connectivity index is 1.60. The second-order valence-electron chi connectivity index (χ2n) is 7.96. The van der Waals surface area contributed by atoms with Gasteiger partial charge in [0, 0.05) is 16.6 Å². The van der Waals surface area contributed by atoms with E-state index in [0.717, 1.165) is 28.4 Å². The van der Waals surface area contributed by atoms with Gasteiger partial charge in [-0.25, -0.2) is 8.42 Å². The van der Waals surface area contributed by atoms with Crippen molar-refractivity contribution in [3.63, 3.8) is 0 Å². The summed E-state index contributed by atoms with van der Waals surface area (Å²) in [6.45, 7) is 2.17. The van der Waals surface area contributed by atoms with Gasteiger partial charge in [0.2, 0.25) is 10.0 Å². The van der Waals surface area contributed by atoms with Crippen LogP contribution in [0.1, 0.15) is 30.4 Å². The normalized spacial score (nSPS) is 25.3. The second kappa shape index (κ2) is 8.45. The van der Waals surface area contributed by atoms with Crippen molar-refractivity contribution in [2.75, 3.05) is 13.1 Å². The van der Waals surface area contributed by atoms with E-state index in [1.54, 1.807) is 24.3 Å². The van der Waals surface area contributed by atoms with Crippen LogP contribution in [0.4, 0.5) is 0 Å². The Bertz CT molecular complexity index is 1070. The van der Waals surface area contributed by atoms with E-state index in [0.29, 0.717) is 6.42 Å². The monoisotopic (exact) mass is 489 g/mol. The molecule has 7 heteroatoms. The third kappa shape index (κ3) is 4.48. The average molecular weight is 490 g/mol. The van der Waals surface area contributed by atoms with Gasteiger partial charge in [0.05, 0.1) is 17.5 Å². The zero-order valence-electron chi connectivity index (χ0n) is 16.7. The van der Waals surface area contributed by atoms with Gasteiger partial charge in [0.25, 0.3) is 0 Å². The Morgan fingerprint density at radius 3 is 2.60 bits per heavy atom. The lowest BCUT2D eigenvalue weighted by molar-refractivity contribution is 0.122. The van der Waals surface area contributed by atoms with Crippen molar-refractivity contribution < 1.29 is 18.3 Å². The van der Waals surface area contributed by atoms with Crippen molar-refractivity contribution in [3.8, 4) is 11.8 Å². The first-order valence-corrected chi connectivity index (χ1v) is 12.2. The number of aliphatic hydroxyl groups is 1. The number of nitrogens with zero attached hydrogens (tertiary/aromatic N) is 1. The van der Waals surface area contributed by atoms with Crippen molar-refractivity contribution in [3.05, 3.63) is 64.1 Å². The van der Waals surface area contributed by atoms with E-state index in [4.69, 9.17) is 4.74 Å². The van der Waals surface area contributed by atoms with Crippen LogP contribution < -0.4 is 0 Å². The number of halogens is 1. The summed E-state index contributed by atoms with van der Waals surface area (Å²) in [5, 5.41) is 10.2. The number of benzene rings is 2. The molecule has 1 aliphatic carbocycles. The molecule has 30 heavy (non-hydrogen) atoms. The fourth-order valence-corrected chi connectivity index (χ4v) is 5.63. The van der Waals surface area contributed by atoms with E-state index in [2.05, 4.69) is 27.8 Å². The van der Waals surface area contributed by atoms with Crippen LogP contribution in [0.5, 0.6) is 0 Å². The van der Waals surface area contributed by atoms with Crippen LogP contribution in [0.2, 0.25) is 0 Å². The van der Waals surface area contributed by atoms with Crippen LogP contribution in [-0.2, 0) is 14.8 Å². The summed E-state index contributed by atoms with van der Waals surface area (Å²) in [4.78, 5) is 0.239. The smallest absolute Gasteiger partial charge is 0.244 e. The molecule has 3 atom stereocenters. The van der Waals surface area contributed by atoms with E-state index < -0.39 is 21.7 Å². The fraction of sp³-hybridized carbons (Fsp3) is 0.391. The number of epoxide rings is 1. The van der Waals surface area contributed by atoms with Gasteiger partial charge < -0.3 is 9.84 Å². The second-order valence-corrected chi connectivity index (χ2v) is 10.8. The predicted molar refractivity (Wildman–Crippen MR) is 118 cm³/mol. The summed E-state index contributed by atoms with van der Waals surface area (Å²) in [6, 6.07) is 14.4. The van der Waals surface area contributed by atoms with E-state index in [1.165, 1.54) is 4.31 Å². The molecule has 5 nitrogen and oxygen atoms in total. The number of fused-ring (bicyclic) bond motifs is 1. The summed E-state index contributed by atoms with van der Waals surface area (Å²) in [5.41, 5.74) is 1.21. The molecule has 2 aliphatic rings. The Hall–Kier alpha value is -1.69. The van der Waals surface area contributed by atoms with E-state index in [1.807, 2.05) is 31.2 Å². The largest absolute Gasteiger partial charge is 0.390 e. The summed E-state index contributed by atoms with van der Waals surface area (Å²) >= 11 is 3.39. The molecule has 1 aliphatic heterocycles. The van der Waals surface area contributed by atoms with Gasteiger partial charge in [-0.1, -0.05) is 45.5 Å².